The molecule has 5 rings (SSSR count). The summed E-state index contributed by atoms with van der Waals surface area (Å²) in [6.45, 7) is 0. The second kappa shape index (κ2) is 2.66. The van der Waals surface area contributed by atoms with Gasteiger partial charge >= 0.3 is 0 Å². The molecule has 1 N–H and O–H groups in total. The first-order valence-corrected chi connectivity index (χ1v) is 6.26. The predicted molar refractivity (Wildman–Crippen MR) is 57.3 cm³/mol. The maximum Gasteiger partial charge on any atom is 0.116 e. The molecular weight excluding hydrogens is 184 g/mol. The van der Waals surface area contributed by atoms with E-state index in [1.54, 1.807) is 0 Å². The van der Waals surface area contributed by atoms with E-state index in [4.69, 9.17) is 0 Å². The summed E-state index contributed by atoms with van der Waals surface area (Å²) in [4.78, 5) is 0. The quantitative estimate of drug-likeness (QED) is 0.743. The van der Waals surface area contributed by atoms with Crippen LogP contribution in [0.5, 0.6) is 0 Å². The molecule has 0 aromatic carbocycles. The maximum absolute atomic E-state index is 4.03. The fraction of sp³-hybridized carbons (Fsp3) is 0.769. The van der Waals surface area contributed by atoms with Crippen LogP contribution in [0.25, 0.3) is 0 Å². The van der Waals surface area contributed by atoms with Gasteiger partial charge in [0, 0.05) is 11.8 Å². The minimum atomic E-state index is 0.474. The largest absolute Gasteiger partial charge is 0.285 e. The van der Waals surface area contributed by atoms with E-state index in [0.717, 1.165) is 17.8 Å². The third kappa shape index (κ3) is 1.08. The average molecular weight is 201 g/mol. The standard InChI is InChI=1S/C13H17N2/c1-9-2-11-3-10(1)5-13(4-9,6-11)12-7-14-15-8-12/h7,9-11H,1-6H2,(H,14,15). The molecular formula is C13H17N2. The van der Waals surface area contributed by atoms with Gasteiger partial charge in [-0.3, -0.25) is 5.10 Å². The first-order valence-electron chi connectivity index (χ1n) is 6.26. The summed E-state index contributed by atoms with van der Waals surface area (Å²) in [5.74, 6) is 3.04. The molecule has 2 nitrogen and oxygen atoms in total. The van der Waals surface area contributed by atoms with Crippen molar-refractivity contribution in [2.24, 2.45) is 17.8 Å². The van der Waals surface area contributed by atoms with E-state index < -0.39 is 0 Å². The van der Waals surface area contributed by atoms with Crippen LogP contribution in [0, 0.1) is 24.0 Å². The number of aromatic nitrogens is 2. The predicted octanol–water partition coefficient (Wildman–Crippen LogP) is 2.68. The van der Waals surface area contributed by atoms with Crippen LogP contribution in [0.15, 0.2) is 6.20 Å². The highest BCUT2D eigenvalue weighted by Gasteiger charge is 2.51. The summed E-state index contributed by atoms with van der Waals surface area (Å²) in [7, 11) is 0. The van der Waals surface area contributed by atoms with Gasteiger partial charge in [0.1, 0.15) is 6.20 Å². The summed E-state index contributed by atoms with van der Waals surface area (Å²) < 4.78 is 0. The van der Waals surface area contributed by atoms with E-state index in [2.05, 4.69) is 22.6 Å². The van der Waals surface area contributed by atoms with Crippen molar-refractivity contribution in [3.8, 4) is 0 Å². The lowest BCUT2D eigenvalue weighted by molar-refractivity contribution is -0.00529. The van der Waals surface area contributed by atoms with Gasteiger partial charge in [-0.1, -0.05) is 0 Å². The molecule has 1 aromatic heterocycles. The Labute approximate surface area is 90.5 Å². The summed E-state index contributed by atoms with van der Waals surface area (Å²) in [6, 6.07) is 0. The van der Waals surface area contributed by atoms with Gasteiger partial charge in [0.15, 0.2) is 0 Å². The molecule has 0 saturated heterocycles. The summed E-state index contributed by atoms with van der Waals surface area (Å²) in [5.41, 5.74) is 1.85. The summed E-state index contributed by atoms with van der Waals surface area (Å²) >= 11 is 0. The Balaban J connectivity index is 1.77. The molecule has 4 saturated carbocycles. The lowest BCUT2D eigenvalue weighted by Crippen LogP contribution is -2.48. The van der Waals surface area contributed by atoms with E-state index in [-0.39, 0.29) is 0 Å². The van der Waals surface area contributed by atoms with Crippen LogP contribution in [0.1, 0.15) is 44.1 Å². The highest BCUT2D eigenvalue weighted by molar-refractivity contribution is 5.23. The molecule has 4 fully saturated rings. The Hall–Kier alpha value is -0.790. The Kier molecular flexibility index (Phi) is 1.48. The van der Waals surface area contributed by atoms with Gasteiger partial charge in [-0.05, 0) is 61.7 Å². The lowest BCUT2D eigenvalue weighted by atomic mass is 9.48. The molecule has 1 radical (unpaired) electrons. The van der Waals surface area contributed by atoms with E-state index in [1.807, 2.05) is 0 Å². The maximum atomic E-state index is 4.03. The number of H-pyrrole nitrogens is 1. The molecule has 15 heavy (non-hydrogen) atoms. The topological polar surface area (TPSA) is 28.7 Å². The number of nitrogens with zero attached hydrogens (tertiary/aromatic N) is 1. The van der Waals surface area contributed by atoms with Gasteiger partial charge in [-0.2, -0.15) is 5.10 Å². The molecule has 0 aliphatic heterocycles. The van der Waals surface area contributed by atoms with Crippen LogP contribution >= 0.6 is 0 Å². The fourth-order valence-electron chi connectivity index (χ4n) is 4.93. The molecule has 2 heteroatoms. The molecule has 1 aromatic rings. The smallest absolute Gasteiger partial charge is 0.116 e. The van der Waals surface area contributed by atoms with Crippen LogP contribution in [0.2, 0.25) is 0 Å². The van der Waals surface area contributed by atoms with Crippen LogP contribution in [0.4, 0.5) is 0 Å². The highest BCUT2D eigenvalue weighted by Crippen LogP contribution is 2.60. The number of rotatable bonds is 1. The van der Waals surface area contributed by atoms with Gasteiger partial charge in [-0.15, -0.1) is 0 Å². The molecule has 0 unspecified atom stereocenters. The molecule has 79 valence electrons. The van der Waals surface area contributed by atoms with Crippen molar-refractivity contribution in [2.45, 2.75) is 43.9 Å². The van der Waals surface area contributed by atoms with E-state index in [9.17, 15) is 0 Å². The van der Waals surface area contributed by atoms with Crippen LogP contribution < -0.4 is 0 Å². The van der Waals surface area contributed by atoms with Crippen molar-refractivity contribution in [2.75, 3.05) is 0 Å². The Morgan fingerprint density at radius 1 is 1.13 bits per heavy atom. The first kappa shape index (κ1) is 8.37. The van der Waals surface area contributed by atoms with E-state index >= 15 is 0 Å². The zero-order chi connectivity index (χ0) is 9.88. The van der Waals surface area contributed by atoms with E-state index in [0.29, 0.717) is 5.41 Å². The second-order valence-corrected chi connectivity index (χ2v) is 6.11. The molecule has 0 spiro atoms. The van der Waals surface area contributed by atoms with Crippen molar-refractivity contribution >= 4 is 0 Å². The Morgan fingerprint density at radius 3 is 2.20 bits per heavy atom. The SMILES string of the molecule is [c]1n[nH]cc1C12CC3CC(CC(C3)C1)C2. The molecule has 1 heterocycles. The summed E-state index contributed by atoms with van der Waals surface area (Å²) in [5, 5.41) is 6.98. The monoisotopic (exact) mass is 201 g/mol. The lowest BCUT2D eigenvalue weighted by Gasteiger charge is -2.56. The average Bonchev–Trinajstić information content (AvgIpc) is 2.67. The van der Waals surface area contributed by atoms with Crippen LogP contribution in [0.3, 0.4) is 0 Å². The van der Waals surface area contributed by atoms with Crippen molar-refractivity contribution in [1.29, 1.82) is 0 Å². The van der Waals surface area contributed by atoms with Crippen molar-refractivity contribution in [3.63, 3.8) is 0 Å². The van der Waals surface area contributed by atoms with Crippen molar-refractivity contribution < 1.29 is 0 Å². The van der Waals surface area contributed by atoms with E-state index in [1.165, 1.54) is 44.1 Å². The third-order valence-corrected chi connectivity index (χ3v) is 5.06. The normalized spacial score (nSPS) is 47.3. The van der Waals surface area contributed by atoms with Crippen LogP contribution in [-0.4, -0.2) is 10.2 Å². The van der Waals surface area contributed by atoms with Gasteiger partial charge < -0.3 is 0 Å². The van der Waals surface area contributed by atoms with Gasteiger partial charge in [0.2, 0.25) is 0 Å². The number of hydrogen-bond donors (Lipinski definition) is 1. The fourth-order valence-corrected chi connectivity index (χ4v) is 4.93. The number of hydrogen-bond acceptors (Lipinski definition) is 1. The summed E-state index contributed by atoms with van der Waals surface area (Å²) in [6.07, 6.45) is 14.0. The van der Waals surface area contributed by atoms with Gasteiger partial charge in [0.05, 0.1) is 0 Å². The zero-order valence-electron chi connectivity index (χ0n) is 9.00. The van der Waals surface area contributed by atoms with Gasteiger partial charge in [-0.25, -0.2) is 0 Å². The third-order valence-electron chi connectivity index (χ3n) is 5.06. The molecule has 4 aliphatic carbocycles. The Bertz CT molecular complexity index is 331. The highest BCUT2D eigenvalue weighted by atomic mass is 15.1. The van der Waals surface area contributed by atoms with Crippen molar-refractivity contribution in [3.05, 3.63) is 18.0 Å². The minimum absolute atomic E-state index is 0.474. The second-order valence-electron chi connectivity index (χ2n) is 6.11. The molecule has 4 aliphatic rings. The molecule has 0 atom stereocenters. The molecule has 4 bridgehead atoms. The number of nitrogens with one attached hydrogen (secondary N) is 1. The van der Waals surface area contributed by atoms with Crippen molar-refractivity contribution in [1.82, 2.24) is 10.2 Å². The van der Waals surface area contributed by atoms with Gasteiger partial charge in [0.25, 0.3) is 0 Å². The van der Waals surface area contributed by atoms with Crippen LogP contribution in [-0.2, 0) is 5.41 Å². The Morgan fingerprint density at radius 2 is 1.73 bits per heavy atom. The molecule has 0 amide bonds. The first-order chi connectivity index (χ1) is 7.34. The number of aromatic amines is 1. The minimum Gasteiger partial charge on any atom is -0.285 e. The zero-order valence-corrected chi connectivity index (χ0v) is 9.00.